The van der Waals surface area contributed by atoms with E-state index in [0.717, 1.165) is 24.3 Å². The van der Waals surface area contributed by atoms with E-state index in [-0.39, 0.29) is 5.69 Å². The predicted octanol–water partition coefficient (Wildman–Crippen LogP) is 2.95. The average Bonchev–Trinajstić information content (AvgIpc) is 2.76. The van der Waals surface area contributed by atoms with Gasteiger partial charge in [-0.2, -0.15) is 4.39 Å². The molecule has 0 heterocycles. The Bertz CT molecular complexity index is 1020. The fraction of sp³-hybridized carbons (Fsp3) is 0.200. The van der Waals surface area contributed by atoms with Gasteiger partial charge in [0.25, 0.3) is 5.91 Å². The third-order valence-electron chi connectivity index (χ3n) is 3.91. The molecule has 0 radical (unpaired) electrons. The molecule has 0 spiro atoms. The van der Waals surface area contributed by atoms with Gasteiger partial charge in [0, 0.05) is 29.5 Å². The van der Waals surface area contributed by atoms with Gasteiger partial charge < -0.3 is 24.3 Å². The molecule has 0 aliphatic rings. The lowest BCUT2D eigenvalue weighted by Crippen LogP contribution is -2.20. The van der Waals surface area contributed by atoms with Gasteiger partial charge in [-0.25, -0.2) is 4.79 Å². The van der Waals surface area contributed by atoms with Crippen LogP contribution in [-0.2, 0) is 14.3 Å². The number of nitro benzene ring substituents is 1. The second-order valence-electron chi connectivity index (χ2n) is 5.86. The van der Waals surface area contributed by atoms with Gasteiger partial charge in [-0.15, -0.1) is 0 Å². The monoisotopic (exact) mass is 434 g/mol. The molecule has 0 saturated carbocycles. The van der Waals surface area contributed by atoms with Crippen LogP contribution < -0.4 is 19.5 Å². The van der Waals surface area contributed by atoms with Crippen molar-refractivity contribution in [3.05, 3.63) is 57.9 Å². The summed E-state index contributed by atoms with van der Waals surface area (Å²) < 4.78 is 33.8. The first-order valence-electron chi connectivity index (χ1n) is 8.67. The van der Waals surface area contributed by atoms with Crippen molar-refractivity contribution in [2.75, 3.05) is 33.3 Å². The first kappa shape index (κ1) is 23.1. The molecule has 31 heavy (non-hydrogen) atoms. The van der Waals surface area contributed by atoms with Gasteiger partial charge in [0.1, 0.15) is 5.75 Å². The maximum atomic E-state index is 13.3. The predicted molar refractivity (Wildman–Crippen MR) is 108 cm³/mol. The third-order valence-corrected chi connectivity index (χ3v) is 3.91. The number of ether oxygens (including phenoxy) is 4. The molecule has 2 rings (SSSR count). The second-order valence-corrected chi connectivity index (χ2v) is 5.86. The minimum Gasteiger partial charge on any atom is -0.496 e. The van der Waals surface area contributed by atoms with Crippen LogP contribution in [0.5, 0.6) is 17.2 Å². The van der Waals surface area contributed by atoms with Crippen molar-refractivity contribution < 1.29 is 37.9 Å². The molecule has 164 valence electrons. The highest BCUT2D eigenvalue weighted by Gasteiger charge is 2.16. The fourth-order valence-corrected chi connectivity index (χ4v) is 2.45. The van der Waals surface area contributed by atoms with E-state index in [0.29, 0.717) is 22.8 Å². The average molecular weight is 434 g/mol. The summed E-state index contributed by atoms with van der Waals surface area (Å²) in [7, 11) is 4.38. The van der Waals surface area contributed by atoms with Crippen LogP contribution in [0.3, 0.4) is 0 Å². The number of hydrogen-bond donors (Lipinski definition) is 1. The summed E-state index contributed by atoms with van der Waals surface area (Å²) in [6.07, 6.45) is 2.49. The molecule has 0 aliphatic heterocycles. The Kier molecular flexibility index (Phi) is 7.89. The molecular weight excluding hydrogens is 415 g/mol. The van der Waals surface area contributed by atoms with E-state index in [9.17, 15) is 24.1 Å². The van der Waals surface area contributed by atoms with Crippen molar-refractivity contribution in [3.63, 3.8) is 0 Å². The molecule has 0 aliphatic carbocycles. The number of esters is 1. The van der Waals surface area contributed by atoms with Gasteiger partial charge in [-0.1, -0.05) is 0 Å². The molecule has 0 aromatic heterocycles. The molecule has 2 aromatic rings. The number of nitro groups is 1. The van der Waals surface area contributed by atoms with Crippen molar-refractivity contribution in [2.24, 2.45) is 0 Å². The van der Waals surface area contributed by atoms with E-state index < -0.39 is 34.9 Å². The number of benzene rings is 2. The normalized spacial score (nSPS) is 10.5. The van der Waals surface area contributed by atoms with Crippen molar-refractivity contribution in [1.29, 1.82) is 0 Å². The van der Waals surface area contributed by atoms with E-state index in [1.165, 1.54) is 27.4 Å². The number of methoxy groups -OCH3 is 3. The second kappa shape index (κ2) is 10.6. The van der Waals surface area contributed by atoms with Gasteiger partial charge in [-0.05, 0) is 24.3 Å². The molecule has 0 fully saturated rings. The van der Waals surface area contributed by atoms with E-state index in [2.05, 4.69) is 5.32 Å². The summed E-state index contributed by atoms with van der Waals surface area (Å²) in [5, 5.41) is 13.0. The van der Waals surface area contributed by atoms with Crippen molar-refractivity contribution in [3.8, 4) is 17.2 Å². The maximum absolute atomic E-state index is 13.3. The van der Waals surface area contributed by atoms with E-state index >= 15 is 0 Å². The molecular formula is C20H19FN2O8. The highest BCUT2D eigenvalue weighted by molar-refractivity contribution is 5.95. The number of carbonyl (C=O) groups excluding carboxylic acids is 2. The first-order chi connectivity index (χ1) is 14.8. The van der Waals surface area contributed by atoms with Crippen LogP contribution in [-0.4, -0.2) is 44.7 Å². The van der Waals surface area contributed by atoms with Gasteiger partial charge in [0.05, 0.1) is 26.3 Å². The van der Waals surface area contributed by atoms with Crippen LogP contribution in [0.1, 0.15) is 5.56 Å². The molecule has 10 nitrogen and oxygen atoms in total. The molecule has 0 unspecified atom stereocenters. The minimum atomic E-state index is -1.04. The lowest BCUT2D eigenvalue weighted by Gasteiger charge is -2.12. The number of nitrogens with zero attached hydrogens (tertiary/aromatic N) is 1. The van der Waals surface area contributed by atoms with Crippen molar-refractivity contribution in [2.45, 2.75) is 0 Å². The minimum absolute atomic E-state index is 0.0141. The molecule has 1 amide bonds. The number of nitrogens with one attached hydrogen (secondary N) is 1. The highest BCUT2D eigenvalue weighted by Crippen LogP contribution is 2.35. The van der Waals surface area contributed by atoms with Crippen LogP contribution >= 0.6 is 0 Å². The van der Waals surface area contributed by atoms with Crippen LogP contribution in [0.25, 0.3) is 6.08 Å². The zero-order chi connectivity index (χ0) is 23.0. The smallest absolute Gasteiger partial charge is 0.331 e. The van der Waals surface area contributed by atoms with Crippen LogP contribution in [0.4, 0.5) is 15.8 Å². The molecule has 0 atom stereocenters. The first-order valence-corrected chi connectivity index (χ1v) is 8.67. The molecule has 0 saturated heterocycles. The lowest BCUT2D eigenvalue weighted by atomic mass is 10.1. The van der Waals surface area contributed by atoms with Crippen molar-refractivity contribution >= 4 is 29.3 Å². The summed E-state index contributed by atoms with van der Waals surface area (Å²) in [6.45, 7) is -0.655. The Hall–Kier alpha value is -4.15. The van der Waals surface area contributed by atoms with Gasteiger partial charge in [0.2, 0.25) is 5.82 Å². The summed E-state index contributed by atoms with van der Waals surface area (Å²) >= 11 is 0. The summed E-state index contributed by atoms with van der Waals surface area (Å²) in [4.78, 5) is 33.6. The van der Waals surface area contributed by atoms with E-state index in [1.54, 1.807) is 12.1 Å². The Morgan fingerprint density at radius 3 is 2.32 bits per heavy atom. The van der Waals surface area contributed by atoms with Crippen molar-refractivity contribution in [1.82, 2.24) is 0 Å². The maximum Gasteiger partial charge on any atom is 0.331 e. The number of hydrogen-bond acceptors (Lipinski definition) is 8. The highest BCUT2D eigenvalue weighted by atomic mass is 19.1. The Balaban J connectivity index is 1.99. The lowest BCUT2D eigenvalue weighted by molar-refractivity contribution is -0.387. The Morgan fingerprint density at radius 1 is 1.06 bits per heavy atom. The molecule has 0 bridgehead atoms. The van der Waals surface area contributed by atoms with Crippen LogP contribution in [0, 0.1) is 15.9 Å². The van der Waals surface area contributed by atoms with Crippen LogP contribution in [0.2, 0.25) is 0 Å². The van der Waals surface area contributed by atoms with E-state index in [4.69, 9.17) is 18.9 Å². The Labute approximate surface area is 176 Å². The number of anilines is 1. The Morgan fingerprint density at radius 2 is 1.71 bits per heavy atom. The fourth-order valence-electron chi connectivity index (χ4n) is 2.45. The number of halogens is 1. The molecule has 2 aromatic carbocycles. The van der Waals surface area contributed by atoms with Gasteiger partial charge >= 0.3 is 11.7 Å². The van der Waals surface area contributed by atoms with Crippen LogP contribution in [0.15, 0.2) is 36.4 Å². The van der Waals surface area contributed by atoms with Gasteiger partial charge in [-0.3, -0.25) is 14.9 Å². The summed E-state index contributed by atoms with van der Waals surface area (Å²) in [5.74, 6) is -1.34. The topological polar surface area (TPSA) is 126 Å². The number of amides is 1. The van der Waals surface area contributed by atoms with E-state index in [1.807, 2.05) is 0 Å². The summed E-state index contributed by atoms with van der Waals surface area (Å²) in [5.41, 5.74) is -0.304. The standard InChI is InChI=1S/C20H19FN2O8/c1-28-16-10-18(30-3)17(29-2)8-12(16)4-7-20(25)31-11-19(24)22-13-5-6-14(21)15(9-13)23(26)27/h4-10H,11H2,1-3H3,(H,22,24)/b7-4+. The zero-order valence-corrected chi connectivity index (χ0v) is 16.8. The van der Waals surface area contributed by atoms with Gasteiger partial charge in [0.15, 0.2) is 18.1 Å². The molecule has 1 N–H and O–H groups in total. The quantitative estimate of drug-likeness (QED) is 0.276. The third kappa shape index (κ3) is 6.16. The summed E-state index contributed by atoms with van der Waals surface area (Å²) in [6, 6.07) is 6.03. The number of carbonyl (C=O) groups is 2. The largest absolute Gasteiger partial charge is 0.496 e. The zero-order valence-electron chi connectivity index (χ0n) is 16.8. The SMILES string of the molecule is COc1cc(OC)c(OC)cc1/C=C/C(=O)OCC(=O)Nc1ccc(F)c([N+](=O)[O-])c1. The number of rotatable bonds is 9. The molecule has 11 heteroatoms.